The van der Waals surface area contributed by atoms with Crippen molar-refractivity contribution in [2.24, 2.45) is 0 Å². The Hall–Kier alpha value is -1.90. The molecule has 2 heterocycles. The topological polar surface area (TPSA) is 86.4 Å². The average molecular weight is 383 g/mol. The van der Waals surface area contributed by atoms with Gasteiger partial charge in [-0.3, -0.25) is 9.89 Å². The summed E-state index contributed by atoms with van der Waals surface area (Å²) in [5, 5.41) is 7.57. The maximum absolute atomic E-state index is 12.6. The van der Waals surface area contributed by atoms with Crippen LogP contribution in [0.2, 0.25) is 5.02 Å². The molecule has 1 aromatic carbocycles. The summed E-state index contributed by atoms with van der Waals surface area (Å²) in [6.07, 6.45) is 0. The molecule has 0 aliphatic carbocycles. The van der Waals surface area contributed by atoms with Crippen LogP contribution in [0, 0.1) is 0 Å². The molecular formula is C16H19ClN4O3S. The summed E-state index contributed by atoms with van der Waals surface area (Å²) < 4.78 is 25.2. The summed E-state index contributed by atoms with van der Waals surface area (Å²) in [6.45, 7) is 3.00. The van der Waals surface area contributed by atoms with Crippen LogP contribution in [0.5, 0.6) is 0 Å². The summed E-state index contributed by atoms with van der Waals surface area (Å²) in [5.74, 6) is -0.104. The van der Waals surface area contributed by atoms with Gasteiger partial charge < -0.3 is 4.90 Å². The minimum absolute atomic E-state index is 0.0753. The second kappa shape index (κ2) is 7.15. The number of hydrogen-bond donors (Lipinski definition) is 1. The van der Waals surface area contributed by atoms with Crippen LogP contribution in [0.4, 0.5) is 0 Å². The van der Waals surface area contributed by atoms with Crippen molar-refractivity contribution in [2.45, 2.75) is 6.92 Å². The number of hydrogen-bond acceptors (Lipinski definition) is 4. The van der Waals surface area contributed by atoms with E-state index in [1.54, 1.807) is 30.0 Å². The number of nitrogens with zero attached hydrogens (tertiary/aromatic N) is 3. The fourth-order valence-electron chi connectivity index (χ4n) is 2.72. The van der Waals surface area contributed by atoms with E-state index in [-0.39, 0.29) is 11.7 Å². The number of carbonyl (C=O) groups is 1. The van der Waals surface area contributed by atoms with E-state index in [0.717, 1.165) is 5.56 Å². The first-order valence-corrected chi connectivity index (χ1v) is 9.98. The molecule has 0 spiro atoms. The first-order valence-electron chi connectivity index (χ1n) is 7.99. The van der Waals surface area contributed by atoms with Crippen LogP contribution >= 0.6 is 11.6 Å². The summed E-state index contributed by atoms with van der Waals surface area (Å²) in [6, 6.07) is 8.89. The second-order valence-corrected chi connectivity index (χ2v) is 8.46. The monoisotopic (exact) mass is 382 g/mol. The second-order valence-electron chi connectivity index (χ2n) is 5.77. The van der Waals surface area contributed by atoms with Gasteiger partial charge in [-0.15, -0.1) is 0 Å². The number of benzene rings is 1. The zero-order chi connectivity index (χ0) is 18.0. The van der Waals surface area contributed by atoms with Crippen LogP contribution in [-0.4, -0.2) is 65.7 Å². The van der Waals surface area contributed by atoms with Gasteiger partial charge in [0.1, 0.15) is 5.69 Å². The predicted molar refractivity (Wildman–Crippen MR) is 96.0 cm³/mol. The third kappa shape index (κ3) is 3.86. The number of carbonyl (C=O) groups excluding carboxylic acids is 1. The van der Waals surface area contributed by atoms with E-state index in [2.05, 4.69) is 10.2 Å². The number of piperazine rings is 1. The van der Waals surface area contributed by atoms with Crippen LogP contribution in [-0.2, 0) is 10.0 Å². The molecule has 1 aromatic heterocycles. The Morgan fingerprint density at radius 2 is 1.84 bits per heavy atom. The van der Waals surface area contributed by atoms with Gasteiger partial charge >= 0.3 is 0 Å². The molecule has 1 fully saturated rings. The van der Waals surface area contributed by atoms with Gasteiger partial charge in [-0.05, 0) is 25.1 Å². The molecule has 0 bridgehead atoms. The van der Waals surface area contributed by atoms with Crippen molar-refractivity contribution >= 4 is 27.5 Å². The fourth-order valence-corrected chi connectivity index (χ4v) is 3.93. The lowest BCUT2D eigenvalue weighted by atomic mass is 10.1. The predicted octanol–water partition coefficient (Wildman–Crippen LogP) is 1.84. The molecule has 2 aromatic rings. The first kappa shape index (κ1) is 17.9. The van der Waals surface area contributed by atoms with Crippen LogP contribution in [0.3, 0.4) is 0 Å². The summed E-state index contributed by atoms with van der Waals surface area (Å²) in [4.78, 5) is 14.2. The van der Waals surface area contributed by atoms with Crippen molar-refractivity contribution in [3.05, 3.63) is 41.0 Å². The van der Waals surface area contributed by atoms with E-state index < -0.39 is 10.0 Å². The minimum Gasteiger partial charge on any atom is -0.335 e. The Bertz CT molecular complexity index is 856. The van der Waals surface area contributed by atoms with E-state index in [1.165, 1.54) is 4.31 Å². The van der Waals surface area contributed by atoms with E-state index in [1.807, 2.05) is 12.1 Å². The fraction of sp³-hybridized carbons (Fsp3) is 0.375. The molecule has 25 heavy (non-hydrogen) atoms. The number of halogens is 1. The zero-order valence-electron chi connectivity index (χ0n) is 13.8. The lowest BCUT2D eigenvalue weighted by Crippen LogP contribution is -2.50. The highest BCUT2D eigenvalue weighted by Gasteiger charge is 2.28. The van der Waals surface area contributed by atoms with Crippen molar-refractivity contribution in [2.75, 3.05) is 31.9 Å². The van der Waals surface area contributed by atoms with Gasteiger partial charge in [0.25, 0.3) is 5.91 Å². The Morgan fingerprint density at radius 3 is 2.44 bits per heavy atom. The standard InChI is InChI=1S/C16H19ClN4O3S/c1-2-25(23,24)21-9-7-20(8-10-21)16(22)15-11-14(18-19-15)12-3-5-13(17)6-4-12/h3-6,11H,2,7-10H2,1H3,(H,18,19). The molecule has 134 valence electrons. The first-order chi connectivity index (χ1) is 11.9. The van der Waals surface area contributed by atoms with Gasteiger partial charge in [0.05, 0.1) is 11.4 Å². The minimum atomic E-state index is -3.21. The smallest absolute Gasteiger partial charge is 0.271 e. The van der Waals surface area contributed by atoms with Gasteiger partial charge in [-0.1, -0.05) is 23.7 Å². The van der Waals surface area contributed by atoms with Gasteiger partial charge in [-0.2, -0.15) is 9.40 Å². The maximum Gasteiger partial charge on any atom is 0.271 e. The van der Waals surface area contributed by atoms with Crippen molar-refractivity contribution in [3.63, 3.8) is 0 Å². The molecule has 9 heteroatoms. The Balaban J connectivity index is 1.68. The Labute approximate surface area is 151 Å². The molecule has 1 aliphatic heterocycles. The van der Waals surface area contributed by atoms with Gasteiger partial charge in [0.2, 0.25) is 10.0 Å². The largest absolute Gasteiger partial charge is 0.335 e. The molecule has 0 saturated carbocycles. The van der Waals surface area contributed by atoms with E-state index in [9.17, 15) is 13.2 Å². The van der Waals surface area contributed by atoms with Crippen LogP contribution < -0.4 is 0 Å². The highest BCUT2D eigenvalue weighted by Crippen LogP contribution is 2.21. The number of aromatic amines is 1. The molecule has 0 unspecified atom stereocenters. The van der Waals surface area contributed by atoms with Crippen LogP contribution in [0.25, 0.3) is 11.3 Å². The zero-order valence-corrected chi connectivity index (χ0v) is 15.3. The van der Waals surface area contributed by atoms with Gasteiger partial charge in [-0.25, -0.2) is 8.42 Å². The SMILES string of the molecule is CCS(=O)(=O)N1CCN(C(=O)c2cc(-c3ccc(Cl)cc3)n[nH]2)CC1. The molecule has 1 amide bonds. The lowest BCUT2D eigenvalue weighted by Gasteiger charge is -2.33. The molecule has 7 nitrogen and oxygen atoms in total. The summed E-state index contributed by atoms with van der Waals surface area (Å²) >= 11 is 5.87. The van der Waals surface area contributed by atoms with Crippen molar-refractivity contribution in [1.82, 2.24) is 19.4 Å². The molecular weight excluding hydrogens is 364 g/mol. The number of nitrogens with one attached hydrogen (secondary N) is 1. The number of H-pyrrole nitrogens is 1. The highest BCUT2D eigenvalue weighted by atomic mass is 35.5. The van der Waals surface area contributed by atoms with Crippen molar-refractivity contribution < 1.29 is 13.2 Å². The maximum atomic E-state index is 12.6. The van der Waals surface area contributed by atoms with Crippen molar-refractivity contribution in [3.8, 4) is 11.3 Å². The van der Waals surface area contributed by atoms with Crippen LogP contribution in [0.1, 0.15) is 17.4 Å². The van der Waals surface area contributed by atoms with Crippen molar-refractivity contribution in [1.29, 1.82) is 0 Å². The number of amides is 1. The Kier molecular flexibility index (Phi) is 5.12. The molecule has 1 N–H and O–H groups in total. The lowest BCUT2D eigenvalue weighted by molar-refractivity contribution is 0.0692. The quantitative estimate of drug-likeness (QED) is 0.874. The van der Waals surface area contributed by atoms with E-state index >= 15 is 0 Å². The number of sulfonamides is 1. The molecule has 3 rings (SSSR count). The third-order valence-electron chi connectivity index (χ3n) is 4.23. The average Bonchev–Trinajstić information content (AvgIpc) is 3.12. The number of aromatic nitrogens is 2. The molecule has 0 atom stereocenters. The van der Waals surface area contributed by atoms with Gasteiger partial charge in [0.15, 0.2) is 0 Å². The normalized spacial score (nSPS) is 16.2. The van der Waals surface area contributed by atoms with E-state index in [0.29, 0.717) is 42.6 Å². The molecule has 0 radical (unpaired) electrons. The van der Waals surface area contributed by atoms with E-state index in [4.69, 9.17) is 11.6 Å². The third-order valence-corrected chi connectivity index (χ3v) is 6.37. The summed E-state index contributed by atoms with van der Waals surface area (Å²) in [7, 11) is -3.21. The summed E-state index contributed by atoms with van der Waals surface area (Å²) in [5.41, 5.74) is 1.91. The highest BCUT2D eigenvalue weighted by molar-refractivity contribution is 7.89. The van der Waals surface area contributed by atoms with Crippen LogP contribution in [0.15, 0.2) is 30.3 Å². The molecule has 1 saturated heterocycles. The Morgan fingerprint density at radius 1 is 1.20 bits per heavy atom. The molecule has 1 aliphatic rings. The van der Waals surface area contributed by atoms with Gasteiger partial charge in [0, 0.05) is 36.8 Å². The number of rotatable bonds is 4.